The van der Waals surface area contributed by atoms with Crippen LogP contribution in [0, 0.1) is 6.92 Å². The second-order valence-corrected chi connectivity index (χ2v) is 5.32. The fourth-order valence-corrected chi connectivity index (χ4v) is 2.27. The third-order valence-electron chi connectivity index (χ3n) is 3.41. The average Bonchev–Trinajstić information content (AvgIpc) is 2.36. The predicted molar refractivity (Wildman–Crippen MR) is 76.8 cm³/mol. The number of hydrogen-bond acceptors (Lipinski definition) is 5. The van der Waals surface area contributed by atoms with Crippen molar-refractivity contribution >= 4 is 5.82 Å². The zero-order chi connectivity index (χ0) is 13.8. The molecule has 6 nitrogen and oxygen atoms in total. The maximum Gasteiger partial charge on any atom is 0.252 e. The number of aromatic amines is 1. The summed E-state index contributed by atoms with van der Waals surface area (Å²) in [5, 5.41) is 0. The molecule has 0 radical (unpaired) electrons. The molecule has 2 rings (SSSR count). The van der Waals surface area contributed by atoms with E-state index in [1.807, 2.05) is 6.92 Å². The van der Waals surface area contributed by atoms with E-state index in [-0.39, 0.29) is 5.56 Å². The van der Waals surface area contributed by atoms with Crippen LogP contribution in [0.2, 0.25) is 0 Å². The molecule has 1 aromatic rings. The summed E-state index contributed by atoms with van der Waals surface area (Å²) in [6.45, 7) is 7.93. The van der Waals surface area contributed by atoms with Gasteiger partial charge in [0.25, 0.3) is 5.56 Å². The average molecular weight is 265 g/mol. The molecule has 0 unspecified atom stereocenters. The minimum atomic E-state index is -0.0717. The van der Waals surface area contributed by atoms with E-state index in [2.05, 4.69) is 38.8 Å². The Morgan fingerprint density at radius 2 is 2.00 bits per heavy atom. The summed E-state index contributed by atoms with van der Waals surface area (Å²) in [6.07, 6.45) is 0. The lowest BCUT2D eigenvalue weighted by Crippen LogP contribution is -2.48. The van der Waals surface area contributed by atoms with Crippen LogP contribution in [0.1, 0.15) is 5.82 Å². The van der Waals surface area contributed by atoms with Gasteiger partial charge in [-0.15, -0.1) is 0 Å². The van der Waals surface area contributed by atoms with Crippen molar-refractivity contribution in [3.05, 3.63) is 22.2 Å². The first-order chi connectivity index (χ1) is 9.04. The van der Waals surface area contributed by atoms with Crippen LogP contribution in [0.25, 0.3) is 0 Å². The van der Waals surface area contributed by atoms with Gasteiger partial charge in [0.1, 0.15) is 11.6 Å². The maximum atomic E-state index is 11.5. The fourth-order valence-electron chi connectivity index (χ4n) is 2.27. The number of hydrogen-bond donors (Lipinski definition) is 1. The first-order valence-electron chi connectivity index (χ1n) is 6.74. The van der Waals surface area contributed by atoms with Crippen molar-refractivity contribution in [1.29, 1.82) is 0 Å². The van der Waals surface area contributed by atoms with E-state index in [0.29, 0.717) is 5.82 Å². The van der Waals surface area contributed by atoms with Gasteiger partial charge >= 0.3 is 0 Å². The number of aromatic nitrogens is 2. The van der Waals surface area contributed by atoms with Crippen LogP contribution >= 0.6 is 0 Å². The third-order valence-corrected chi connectivity index (χ3v) is 3.41. The molecule has 0 amide bonds. The predicted octanol–water partition coefficient (Wildman–Crippen LogP) is -0.238. The Balaban J connectivity index is 1.90. The number of likely N-dealkylation sites (N-methyl/N-ethyl adjacent to an activating group) is 1. The molecule has 0 saturated carbocycles. The van der Waals surface area contributed by atoms with Gasteiger partial charge in [-0.1, -0.05) is 0 Å². The minimum absolute atomic E-state index is 0.0717. The molecule has 1 fully saturated rings. The lowest BCUT2D eigenvalue weighted by Gasteiger charge is -2.35. The number of piperazine rings is 1. The second kappa shape index (κ2) is 6.16. The highest BCUT2D eigenvalue weighted by Gasteiger charge is 2.18. The second-order valence-electron chi connectivity index (χ2n) is 5.32. The molecule has 19 heavy (non-hydrogen) atoms. The van der Waals surface area contributed by atoms with Crippen LogP contribution in [0.5, 0.6) is 0 Å². The summed E-state index contributed by atoms with van der Waals surface area (Å²) < 4.78 is 0. The zero-order valence-electron chi connectivity index (χ0n) is 12.0. The number of nitrogens with zero attached hydrogens (tertiary/aromatic N) is 4. The number of aryl methyl sites for hydroxylation is 1. The summed E-state index contributed by atoms with van der Waals surface area (Å²) in [6, 6.07) is 1.59. The topological polar surface area (TPSA) is 55.5 Å². The Hall–Kier alpha value is -1.40. The van der Waals surface area contributed by atoms with Gasteiger partial charge in [-0.2, -0.15) is 0 Å². The Morgan fingerprint density at radius 1 is 1.32 bits per heavy atom. The third kappa shape index (κ3) is 4.04. The molecule has 0 spiro atoms. The molecule has 1 aliphatic rings. The Bertz CT molecular complexity index is 462. The monoisotopic (exact) mass is 265 g/mol. The maximum absolute atomic E-state index is 11.5. The van der Waals surface area contributed by atoms with E-state index < -0.39 is 0 Å². The lowest BCUT2D eigenvalue weighted by atomic mass is 10.3. The Morgan fingerprint density at radius 3 is 2.58 bits per heavy atom. The van der Waals surface area contributed by atoms with Gasteiger partial charge in [0, 0.05) is 45.3 Å². The summed E-state index contributed by atoms with van der Waals surface area (Å²) in [4.78, 5) is 25.4. The van der Waals surface area contributed by atoms with Gasteiger partial charge in [-0.05, 0) is 21.0 Å². The normalized spacial score (nSPS) is 17.2. The van der Waals surface area contributed by atoms with Gasteiger partial charge in [-0.3, -0.25) is 9.69 Å². The Kier molecular flexibility index (Phi) is 4.55. The van der Waals surface area contributed by atoms with Crippen molar-refractivity contribution in [1.82, 2.24) is 19.8 Å². The van der Waals surface area contributed by atoms with Crippen molar-refractivity contribution in [2.24, 2.45) is 0 Å². The molecular formula is C13H23N5O. The van der Waals surface area contributed by atoms with Crippen molar-refractivity contribution in [2.75, 3.05) is 58.3 Å². The molecule has 1 N–H and O–H groups in total. The molecule has 106 valence electrons. The van der Waals surface area contributed by atoms with E-state index in [4.69, 9.17) is 0 Å². The van der Waals surface area contributed by atoms with Crippen molar-refractivity contribution < 1.29 is 0 Å². The molecule has 2 heterocycles. The van der Waals surface area contributed by atoms with Crippen LogP contribution < -0.4 is 10.5 Å². The highest BCUT2D eigenvalue weighted by molar-refractivity contribution is 5.37. The molecule has 0 aliphatic carbocycles. The quantitative estimate of drug-likeness (QED) is 0.814. The van der Waals surface area contributed by atoms with E-state index >= 15 is 0 Å². The summed E-state index contributed by atoms with van der Waals surface area (Å²) in [5.74, 6) is 1.48. The Labute approximate surface area is 114 Å². The summed E-state index contributed by atoms with van der Waals surface area (Å²) in [7, 11) is 4.19. The minimum Gasteiger partial charge on any atom is -0.354 e. The largest absolute Gasteiger partial charge is 0.354 e. The van der Waals surface area contributed by atoms with Gasteiger partial charge in [-0.25, -0.2) is 4.98 Å². The molecule has 0 bridgehead atoms. The highest BCUT2D eigenvalue weighted by atomic mass is 16.1. The van der Waals surface area contributed by atoms with E-state index in [1.165, 1.54) is 0 Å². The first-order valence-corrected chi connectivity index (χ1v) is 6.74. The van der Waals surface area contributed by atoms with Crippen LogP contribution in [-0.4, -0.2) is 73.1 Å². The van der Waals surface area contributed by atoms with Gasteiger partial charge in [0.05, 0.1) is 0 Å². The number of rotatable bonds is 4. The van der Waals surface area contributed by atoms with E-state index in [9.17, 15) is 4.79 Å². The van der Waals surface area contributed by atoms with Gasteiger partial charge in [0.15, 0.2) is 0 Å². The number of H-pyrrole nitrogens is 1. The molecule has 1 aromatic heterocycles. The van der Waals surface area contributed by atoms with Crippen LogP contribution in [-0.2, 0) is 0 Å². The molecule has 1 aliphatic heterocycles. The van der Waals surface area contributed by atoms with Crippen LogP contribution in [0.4, 0.5) is 5.82 Å². The number of anilines is 1. The van der Waals surface area contributed by atoms with Crippen LogP contribution in [0.3, 0.4) is 0 Å². The summed E-state index contributed by atoms with van der Waals surface area (Å²) in [5.41, 5.74) is -0.0717. The van der Waals surface area contributed by atoms with Crippen LogP contribution in [0.15, 0.2) is 10.9 Å². The molecule has 6 heteroatoms. The van der Waals surface area contributed by atoms with E-state index in [1.54, 1.807) is 6.07 Å². The van der Waals surface area contributed by atoms with E-state index in [0.717, 1.165) is 45.1 Å². The molecule has 1 saturated heterocycles. The fraction of sp³-hybridized carbons (Fsp3) is 0.692. The number of nitrogens with one attached hydrogen (secondary N) is 1. The van der Waals surface area contributed by atoms with Crippen molar-refractivity contribution in [3.8, 4) is 0 Å². The SMILES string of the molecule is Cc1nc(N2CCN(CCN(C)C)CC2)cc(=O)[nH]1. The van der Waals surface area contributed by atoms with Crippen molar-refractivity contribution in [3.63, 3.8) is 0 Å². The molecule has 0 atom stereocenters. The smallest absolute Gasteiger partial charge is 0.252 e. The van der Waals surface area contributed by atoms with Gasteiger partial charge < -0.3 is 14.8 Å². The summed E-state index contributed by atoms with van der Waals surface area (Å²) >= 11 is 0. The standard InChI is InChI=1S/C13H23N5O/c1-11-14-12(10-13(19)15-11)18-8-6-17(7-9-18)5-4-16(2)3/h10H,4-9H2,1-3H3,(H,14,15,19). The lowest BCUT2D eigenvalue weighted by molar-refractivity contribution is 0.229. The first kappa shape index (κ1) is 14.0. The van der Waals surface area contributed by atoms with Crippen molar-refractivity contribution in [2.45, 2.75) is 6.92 Å². The molecule has 0 aromatic carbocycles. The molecular weight excluding hydrogens is 242 g/mol. The zero-order valence-corrected chi connectivity index (χ0v) is 12.0. The highest BCUT2D eigenvalue weighted by Crippen LogP contribution is 2.11. The van der Waals surface area contributed by atoms with Gasteiger partial charge in [0.2, 0.25) is 0 Å².